The topological polar surface area (TPSA) is 81.7 Å². The van der Waals surface area contributed by atoms with E-state index in [2.05, 4.69) is 215 Å². The second-order valence-electron chi connectivity index (χ2n) is 30.4. The lowest BCUT2D eigenvalue weighted by atomic mass is 9.75. The minimum atomic E-state index is -2.17. The Bertz CT molecular complexity index is 2840. The summed E-state index contributed by atoms with van der Waals surface area (Å²) in [6, 6.07) is 18.7. The molecule has 8 nitrogen and oxygen atoms in total. The SMILES string of the molecule is CC1(C)OCC2(COP(Oc3c(-c4cc(C(C)(C)C)cc(C(C)(C)C)c4Op4oc5c(C(C)(C)C)cc(C(C)(C)C)cc5c5cc(C(C)(C)C)cc(C(C)(C)C)c5o4)cc(C(C)(C)C)cc3C(C)(C)C)OC2)CO1. The van der Waals surface area contributed by atoms with Crippen LogP contribution in [-0.4, -0.2) is 32.2 Å². The van der Waals surface area contributed by atoms with Gasteiger partial charge in [-0.05, 0) is 104 Å². The average Bonchev–Trinajstić information content (AvgIpc) is 3.38. The van der Waals surface area contributed by atoms with Gasteiger partial charge in [0, 0.05) is 44.2 Å². The lowest BCUT2D eigenvalue weighted by Crippen LogP contribution is -2.52. The van der Waals surface area contributed by atoms with E-state index in [1.807, 2.05) is 13.8 Å². The van der Waals surface area contributed by atoms with Gasteiger partial charge in [-0.25, -0.2) is 0 Å². The van der Waals surface area contributed by atoms with Gasteiger partial charge in [-0.1, -0.05) is 190 Å². The van der Waals surface area contributed by atoms with Crippen LogP contribution in [0.4, 0.5) is 0 Å². The summed E-state index contributed by atoms with van der Waals surface area (Å²) in [7, 11) is -4.00. The minimum absolute atomic E-state index is 0.136. The first-order valence-electron chi connectivity index (χ1n) is 27.0. The molecule has 0 atom stereocenters. The van der Waals surface area contributed by atoms with Crippen molar-refractivity contribution < 1.29 is 36.0 Å². The molecule has 10 heteroatoms. The minimum Gasteiger partial charge on any atom is -0.426 e. The average molecular weight is 1050 g/mol. The fourth-order valence-electron chi connectivity index (χ4n) is 9.44. The zero-order valence-electron chi connectivity index (χ0n) is 50.6. The lowest BCUT2D eigenvalue weighted by Gasteiger charge is -2.45. The molecule has 0 radical (unpaired) electrons. The van der Waals surface area contributed by atoms with E-state index in [0.717, 1.165) is 55.3 Å². The van der Waals surface area contributed by atoms with Gasteiger partial charge in [0.05, 0.1) is 31.8 Å². The number of hydrogen-bond acceptors (Lipinski definition) is 8. The van der Waals surface area contributed by atoms with Crippen LogP contribution >= 0.6 is 16.8 Å². The second-order valence-corrected chi connectivity index (χ2v) is 32.6. The molecule has 0 bridgehead atoms. The zero-order valence-corrected chi connectivity index (χ0v) is 52.4. The van der Waals surface area contributed by atoms with E-state index in [9.17, 15) is 0 Å². The van der Waals surface area contributed by atoms with E-state index in [1.54, 1.807) is 0 Å². The first kappa shape index (κ1) is 58.3. The van der Waals surface area contributed by atoms with Crippen LogP contribution in [0, 0.1) is 5.41 Å². The van der Waals surface area contributed by atoms with E-state index in [1.165, 1.54) is 22.3 Å². The molecular formula is C64H94O8P2. The Labute approximate surface area is 449 Å². The predicted octanol–water partition coefficient (Wildman–Crippen LogP) is 19.6. The van der Waals surface area contributed by atoms with Gasteiger partial charge in [0.1, 0.15) is 22.7 Å². The van der Waals surface area contributed by atoms with Gasteiger partial charge < -0.3 is 36.0 Å². The molecule has 2 aliphatic rings. The van der Waals surface area contributed by atoms with Crippen molar-refractivity contribution in [1.29, 1.82) is 0 Å². The number of benzene rings is 4. The van der Waals surface area contributed by atoms with Gasteiger partial charge in [-0.2, -0.15) is 0 Å². The molecular weight excluding hydrogens is 959 g/mol. The van der Waals surface area contributed by atoms with Crippen LogP contribution in [0.2, 0.25) is 0 Å². The summed E-state index contributed by atoms with van der Waals surface area (Å²) in [5, 5.41) is 2.05. The molecule has 2 saturated heterocycles. The fraction of sp³-hybridized carbons (Fsp3) is 0.625. The van der Waals surface area contributed by atoms with Gasteiger partial charge in [0.2, 0.25) is 0 Å². The summed E-state index contributed by atoms with van der Waals surface area (Å²) in [5.74, 6) is 0.751. The molecule has 0 unspecified atom stereocenters. The fourth-order valence-corrected chi connectivity index (χ4v) is 11.9. The number of hydrogen-bond donors (Lipinski definition) is 0. The highest BCUT2D eigenvalue weighted by Gasteiger charge is 2.46. The van der Waals surface area contributed by atoms with Crippen molar-refractivity contribution in [2.75, 3.05) is 26.4 Å². The smallest absolute Gasteiger partial charge is 0.426 e. The molecule has 0 amide bonds. The Morgan fingerprint density at radius 1 is 0.378 bits per heavy atom. The quantitative estimate of drug-likeness (QED) is 0.161. The first-order valence-corrected chi connectivity index (χ1v) is 29.2. The Kier molecular flexibility index (Phi) is 15.2. The molecule has 2 aliphatic heterocycles. The third-order valence-electron chi connectivity index (χ3n) is 14.7. The maximum absolute atomic E-state index is 7.76. The number of rotatable bonds is 5. The van der Waals surface area contributed by atoms with Crippen molar-refractivity contribution in [3.8, 4) is 22.6 Å². The third kappa shape index (κ3) is 12.5. The largest absolute Gasteiger partial charge is 0.453 e. The molecule has 4 aromatic carbocycles. The van der Waals surface area contributed by atoms with Crippen molar-refractivity contribution in [3.63, 3.8) is 0 Å². The molecule has 408 valence electrons. The van der Waals surface area contributed by atoms with Crippen LogP contribution < -0.4 is 9.05 Å². The number of fused-ring (bicyclic) bond motifs is 3. The van der Waals surface area contributed by atoms with E-state index in [0.29, 0.717) is 37.9 Å². The van der Waals surface area contributed by atoms with Crippen LogP contribution in [0.3, 0.4) is 0 Å². The monoisotopic (exact) mass is 1050 g/mol. The van der Waals surface area contributed by atoms with Crippen LogP contribution in [0.15, 0.2) is 56.9 Å². The predicted molar refractivity (Wildman–Crippen MR) is 312 cm³/mol. The maximum Gasteiger partial charge on any atom is 0.453 e. The summed E-state index contributed by atoms with van der Waals surface area (Å²) in [6.45, 7) is 60.2. The first-order chi connectivity index (χ1) is 33.4. The molecule has 74 heavy (non-hydrogen) atoms. The highest BCUT2D eigenvalue weighted by Crippen LogP contribution is 2.57. The maximum atomic E-state index is 7.76. The molecule has 7 rings (SSSR count). The Morgan fingerprint density at radius 2 is 0.689 bits per heavy atom. The molecule has 5 aromatic rings. The van der Waals surface area contributed by atoms with Crippen molar-refractivity contribution >= 4 is 38.8 Å². The van der Waals surface area contributed by atoms with Crippen LogP contribution in [0.1, 0.15) is 225 Å². The van der Waals surface area contributed by atoms with Gasteiger partial charge >= 0.3 is 16.8 Å². The van der Waals surface area contributed by atoms with Crippen molar-refractivity contribution in [1.82, 2.24) is 0 Å². The Balaban J connectivity index is 1.62. The summed E-state index contributed by atoms with van der Waals surface area (Å²) < 4.78 is 55.6. The van der Waals surface area contributed by atoms with Crippen molar-refractivity contribution in [3.05, 3.63) is 93.0 Å². The van der Waals surface area contributed by atoms with Crippen LogP contribution in [-0.2, 0) is 61.8 Å². The van der Waals surface area contributed by atoms with E-state index in [4.69, 9.17) is 36.0 Å². The molecule has 0 saturated carbocycles. The molecule has 0 N–H and O–H groups in total. The Hall–Kier alpha value is -3.35. The summed E-state index contributed by atoms with van der Waals surface area (Å²) in [6.07, 6.45) is 0. The highest BCUT2D eigenvalue weighted by atomic mass is 31.2. The zero-order chi connectivity index (χ0) is 55.5. The standard InChI is InChI=1S/C64H94O8P2/c1-55(2,3)39-27-43(51(47(31-39)59(13,14)15)69-73-67-37-64(38-68-73)35-65-63(25,26)66-36-64)44-28-40(56(4,5)6)32-48(60(16,17)18)52(44)70-74-71-53-45(29-41(57(7,8)9)33-49(53)61(19,20)21)46-30-42(58(10,11)12)34-50(54(46)72-74)62(22,23)24/h27-34H,35-38H2,1-26H3. The second kappa shape index (κ2) is 19.2. The van der Waals surface area contributed by atoms with Crippen LogP contribution in [0.5, 0.6) is 11.5 Å². The summed E-state index contributed by atoms with van der Waals surface area (Å²) in [5.41, 5.74) is 10.1. The highest BCUT2D eigenvalue weighted by molar-refractivity contribution is 7.42. The van der Waals surface area contributed by atoms with Gasteiger partial charge in [0.15, 0.2) is 5.79 Å². The number of ether oxygens (including phenoxy) is 2. The molecule has 0 aliphatic carbocycles. The summed E-state index contributed by atoms with van der Waals surface area (Å²) >= 11 is 0. The van der Waals surface area contributed by atoms with E-state index < -0.39 is 28.0 Å². The molecule has 1 aromatic heterocycles. The van der Waals surface area contributed by atoms with Gasteiger partial charge in [-0.3, -0.25) is 0 Å². The van der Waals surface area contributed by atoms with Gasteiger partial charge in [-0.15, -0.1) is 0 Å². The molecule has 1 spiro atoms. The third-order valence-corrected chi connectivity index (χ3v) is 16.7. The summed E-state index contributed by atoms with van der Waals surface area (Å²) in [4.78, 5) is 0. The van der Waals surface area contributed by atoms with E-state index in [-0.39, 0.29) is 43.3 Å². The molecule has 3 heterocycles. The van der Waals surface area contributed by atoms with Crippen molar-refractivity contribution in [2.45, 2.75) is 229 Å². The van der Waals surface area contributed by atoms with Gasteiger partial charge in [0.25, 0.3) is 0 Å². The van der Waals surface area contributed by atoms with Crippen molar-refractivity contribution in [2.24, 2.45) is 5.41 Å². The normalized spacial score (nSPS) is 17.6. The van der Waals surface area contributed by atoms with Crippen LogP contribution in [0.25, 0.3) is 33.1 Å². The Morgan fingerprint density at radius 3 is 1.01 bits per heavy atom. The van der Waals surface area contributed by atoms with E-state index >= 15 is 0 Å². The molecule has 2 fully saturated rings. The lowest BCUT2D eigenvalue weighted by molar-refractivity contribution is -0.296.